The van der Waals surface area contributed by atoms with E-state index in [1.165, 1.54) is 154 Å². The summed E-state index contributed by atoms with van der Waals surface area (Å²) in [4.78, 5) is 23.3. The zero-order valence-corrected chi connectivity index (χ0v) is 32.3. The molecule has 282 valence electrons. The Morgan fingerprint density at radius 3 is 1.27 bits per heavy atom. The highest BCUT2D eigenvalue weighted by atomic mass is 16.5. The van der Waals surface area contributed by atoms with Gasteiger partial charge in [-0.15, -0.1) is 0 Å². The molecule has 0 aromatic heterocycles. The number of carbonyl (C=O) groups excluding carboxylic acids is 1. The Bertz CT molecular complexity index is 727. The summed E-state index contributed by atoms with van der Waals surface area (Å²) in [5, 5.41) is 8.74. The highest BCUT2D eigenvalue weighted by molar-refractivity contribution is 5.69. The first-order valence-corrected chi connectivity index (χ1v) is 21.3. The zero-order valence-electron chi connectivity index (χ0n) is 32.3. The number of carbonyl (C=O) groups is 2. The van der Waals surface area contributed by atoms with Gasteiger partial charge in [0.15, 0.2) is 0 Å². The van der Waals surface area contributed by atoms with Crippen LogP contribution >= 0.6 is 0 Å². The van der Waals surface area contributed by atoms with Crippen LogP contribution in [0.4, 0.5) is 0 Å². The summed E-state index contributed by atoms with van der Waals surface area (Å²) in [5.41, 5.74) is 0. The number of hydrogen-bond donors (Lipinski definition) is 1. The van der Waals surface area contributed by atoms with Crippen LogP contribution in [0.3, 0.4) is 0 Å². The molecule has 0 fully saturated rings. The lowest BCUT2D eigenvalue weighted by atomic mass is 10.0. The number of carboxylic acid groups (broad SMARTS) is 1. The van der Waals surface area contributed by atoms with Crippen molar-refractivity contribution in [2.24, 2.45) is 0 Å². The predicted octanol–water partition coefficient (Wildman–Crippen LogP) is 14.8. The molecule has 0 aliphatic carbocycles. The fourth-order valence-electron chi connectivity index (χ4n) is 6.51. The Balaban J connectivity index is 4.03. The molecule has 0 bridgehead atoms. The van der Waals surface area contributed by atoms with E-state index in [1.54, 1.807) is 0 Å². The molecule has 0 aliphatic heterocycles. The van der Waals surface area contributed by atoms with Gasteiger partial charge in [-0.3, -0.25) is 9.59 Å². The van der Waals surface area contributed by atoms with E-state index >= 15 is 0 Å². The smallest absolute Gasteiger partial charge is 0.306 e. The van der Waals surface area contributed by atoms with Crippen LogP contribution < -0.4 is 0 Å². The van der Waals surface area contributed by atoms with Crippen molar-refractivity contribution in [3.05, 3.63) is 24.3 Å². The first-order valence-electron chi connectivity index (χ1n) is 21.3. The van der Waals surface area contributed by atoms with Gasteiger partial charge in [-0.2, -0.15) is 0 Å². The molecule has 0 rings (SSSR count). The molecule has 0 spiro atoms. The predicted molar refractivity (Wildman–Crippen MR) is 209 cm³/mol. The van der Waals surface area contributed by atoms with Crippen molar-refractivity contribution >= 4 is 11.9 Å². The van der Waals surface area contributed by atoms with E-state index < -0.39 is 5.97 Å². The van der Waals surface area contributed by atoms with Gasteiger partial charge >= 0.3 is 11.9 Å². The zero-order chi connectivity index (χ0) is 35.0. The van der Waals surface area contributed by atoms with Gasteiger partial charge in [-0.1, -0.05) is 179 Å². The van der Waals surface area contributed by atoms with Gasteiger partial charge in [-0.05, 0) is 70.6 Å². The average molecular weight is 675 g/mol. The van der Waals surface area contributed by atoms with Crippen LogP contribution in [0, 0.1) is 0 Å². The molecule has 0 aromatic rings. The number of allylic oxidation sites excluding steroid dienone is 4. The van der Waals surface area contributed by atoms with E-state index in [9.17, 15) is 9.59 Å². The van der Waals surface area contributed by atoms with E-state index in [4.69, 9.17) is 9.84 Å². The van der Waals surface area contributed by atoms with Crippen LogP contribution in [0.15, 0.2) is 24.3 Å². The van der Waals surface area contributed by atoms with Crippen molar-refractivity contribution in [3.63, 3.8) is 0 Å². The number of aliphatic carboxylic acids is 1. The third-order valence-electron chi connectivity index (χ3n) is 9.68. The molecule has 0 saturated heterocycles. The lowest BCUT2D eigenvalue weighted by Gasteiger charge is -2.18. The Labute approximate surface area is 299 Å². The highest BCUT2D eigenvalue weighted by Gasteiger charge is 2.14. The second kappa shape index (κ2) is 39.9. The monoisotopic (exact) mass is 675 g/mol. The average Bonchev–Trinajstić information content (AvgIpc) is 3.07. The summed E-state index contributed by atoms with van der Waals surface area (Å²) >= 11 is 0. The number of unbranched alkanes of at least 4 members (excludes halogenated alkanes) is 26. The van der Waals surface area contributed by atoms with Crippen molar-refractivity contribution in [3.8, 4) is 0 Å². The molecule has 0 heterocycles. The van der Waals surface area contributed by atoms with Gasteiger partial charge in [0.25, 0.3) is 0 Å². The minimum absolute atomic E-state index is 0.0291. The Hall–Kier alpha value is -1.58. The maximum absolute atomic E-state index is 12.7. The maximum atomic E-state index is 12.7. The number of ether oxygens (including phenoxy) is 1. The number of carboxylic acids is 1. The van der Waals surface area contributed by atoms with E-state index in [2.05, 4.69) is 38.2 Å². The number of hydrogen-bond acceptors (Lipinski definition) is 3. The minimum Gasteiger partial charge on any atom is -0.481 e. The Morgan fingerprint density at radius 2 is 0.812 bits per heavy atom. The Morgan fingerprint density at radius 1 is 0.458 bits per heavy atom. The summed E-state index contributed by atoms with van der Waals surface area (Å²) in [6.45, 7) is 4.53. The lowest BCUT2D eigenvalue weighted by molar-refractivity contribution is -0.150. The standard InChI is InChI=1S/C44H82O4/c1-3-5-7-9-11-13-14-15-16-17-18-19-20-25-29-33-37-41-44(47)48-42(38-34-30-26-22-12-10-8-6-4-2)39-35-31-27-23-21-24-28-32-36-40-43(45)46/h11,13,15-16,42H,3-10,12,14,17-41H2,1-2H3,(H,45,46)/b13-11-,16-15-. The third kappa shape index (κ3) is 38.9. The maximum Gasteiger partial charge on any atom is 0.306 e. The van der Waals surface area contributed by atoms with Crippen LogP contribution in [-0.2, 0) is 14.3 Å². The minimum atomic E-state index is -0.677. The first kappa shape index (κ1) is 46.4. The molecule has 48 heavy (non-hydrogen) atoms. The molecule has 0 amide bonds. The van der Waals surface area contributed by atoms with Crippen molar-refractivity contribution < 1.29 is 19.4 Å². The molecule has 1 unspecified atom stereocenters. The lowest BCUT2D eigenvalue weighted by Crippen LogP contribution is -2.18. The second-order valence-electron chi connectivity index (χ2n) is 14.5. The van der Waals surface area contributed by atoms with Crippen molar-refractivity contribution in [2.75, 3.05) is 0 Å². The fraction of sp³-hybridized carbons (Fsp3) is 0.864. The summed E-state index contributed by atoms with van der Waals surface area (Å²) in [5.74, 6) is -0.648. The van der Waals surface area contributed by atoms with Gasteiger partial charge in [0.2, 0.25) is 0 Å². The topological polar surface area (TPSA) is 63.6 Å². The normalized spacial score (nSPS) is 12.4. The van der Waals surface area contributed by atoms with Crippen LogP contribution in [-0.4, -0.2) is 23.1 Å². The molecule has 1 atom stereocenters. The highest BCUT2D eigenvalue weighted by Crippen LogP contribution is 2.19. The van der Waals surface area contributed by atoms with Crippen LogP contribution in [0.5, 0.6) is 0 Å². The van der Waals surface area contributed by atoms with E-state index in [0.717, 1.165) is 57.8 Å². The second-order valence-corrected chi connectivity index (χ2v) is 14.5. The number of rotatable bonds is 39. The van der Waals surface area contributed by atoms with Crippen LogP contribution in [0.25, 0.3) is 0 Å². The van der Waals surface area contributed by atoms with E-state index in [1.807, 2.05) is 0 Å². The first-order chi connectivity index (χ1) is 23.6. The van der Waals surface area contributed by atoms with Crippen molar-refractivity contribution in [2.45, 2.75) is 245 Å². The Kier molecular flexibility index (Phi) is 38.5. The van der Waals surface area contributed by atoms with Gasteiger partial charge in [-0.25, -0.2) is 0 Å². The summed E-state index contributed by atoms with van der Waals surface area (Å²) in [6.07, 6.45) is 50.6. The van der Waals surface area contributed by atoms with Crippen molar-refractivity contribution in [1.29, 1.82) is 0 Å². The van der Waals surface area contributed by atoms with Gasteiger partial charge in [0, 0.05) is 12.8 Å². The van der Waals surface area contributed by atoms with Gasteiger partial charge < -0.3 is 9.84 Å². The third-order valence-corrected chi connectivity index (χ3v) is 9.68. The molecule has 0 aromatic carbocycles. The summed E-state index contributed by atoms with van der Waals surface area (Å²) in [7, 11) is 0. The van der Waals surface area contributed by atoms with Gasteiger partial charge in [0.1, 0.15) is 6.10 Å². The molecule has 4 heteroatoms. The largest absolute Gasteiger partial charge is 0.481 e. The molecule has 0 saturated carbocycles. The fourth-order valence-corrected chi connectivity index (χ4v) is 6.51. The summed E-state index contributed by atoms with van der Waals surface area (Å²) in [6, 6.07) is 0. The molecular weight excluding hydrogens is 592 g/mol. The SMILES string of the molecule is CCCCC/C=C\C/C=C\CCCCCCCCCC(=O)OC(CCCCCCCCCCC)CCCCCCCCCCCC(=O)O. The van der Waals surface area contributed by atoms with Crippen LogP contribution in [0.2, 0.25) is 0 Å². The van der Waals surface area contributed by atoms with E-state index in [-0.39, 0.29) is 12.1 Å². The molecule has 1 N–H and O–H groups in total. The quantitative estimate of drug-likeness (QED) is 0.0400. The van der Waals surface area contributed by atoms with Crippen LogP contribution in [0.1, 0.15) is 239 Å². The summed E-state index contributed by atoms with van der Waals surface area (Å²) < 4.78 is 6.06. The number of esters is 1. The molecule has 0 radical (unpaired) electrons. The van der Waals surface area contributed by atoms with Crippen molar-refractivity contribution in [1.82, 2.24) is 0 Å². The van der Waals surface area contributed by atoms with Gasteiger partial charge in [0.05, 0.1) is 0 Å². The van der Waals surface area contributed by atoms with E-state index in [0.29, 0.717) is 12.8 Å². The molecule has 4 nitrogen and oxygen atoms in total. The molecule has 0 aliphatic rings. The molecular formula is C44H82O4.